The number of fused-ring (bicyclic) bond motifs is 1. The summed E-state index contributed by atoms with van der Waals surface area (Å²) in [5.74, 6) is 0.934. The fraction of sp³-hybridized carbons (Fsp3) is 0.261. The minimum Gasteiger partial charge on any atom is -0.420 e. The number of amides is 1. The number of rotatable bonds is 4. The van der Waals surface area contributed by atoms with Gasteiger partial charge in [-0.1, -0.05) is 18.2 Å². The van der Waals surface area contributed by atoms with Gasteiger partial charge < -0.3 is 14.3 Å². The molecule has 5 rings (SSSR count). The van der Waals surface area contributed by atoms with E-state index in [9.17, 15) is 9.18 Å². The van der Waals surface area contributed by atoms with Gasteiger partial charge in [0.1, 0.15) is 5.82 Å². The monoisotopic (exact) mass is 404 g/mol. The van der Waals surface area contributed by atoms with Crippen LogP contribution in [0.15, 0.2) is 59.1 Å². The lowest BCUT2D eigenvalue weighted by molar-refractivity contribution is -0.131. The van der Waals surface area contributed by atoms with Gasteiger partial charge in [-0.25, -0.2) is 4.39 Å². The van der Waals surface area contributed by atoms with Crippen molar-refractivity contribution in [1.29, 1.82) is 0 Å². The highest BCUT2D eigenvalue weighted by molar-refractivity contribution is 5.88. The molecule has 1 N–H and O–H groups in total. The Bertz CT molecular complexity index is 1170. The van der Waals surface area contributed by atoms with Gasteiger partial charge in [-0.05, 0) is 48.7 Å². The summed E-state index contributed by atoms with van der Waals surface area (Å²) in [6, 6.07) is 14.0. The zero-order valence-corrected chi connectivity index (χ0v) is 16.3. The van der Waals surface area contributed by atoms with Crippen LogP contribution in [0.5, 0.6) is 0 Å². The number of aromatic nitrogens is 3. The maximum Gasteiger partial charge on any atom is 0.247 e. The molecule has 0 unspecified atom stereocenters. The molecule has 0 atom stereocenters. The first kappa shape index (κ1) is 18.5. The van der Waals surface area contributed by atoms with Crippen LogP contribution in [0.2, 0.25) is 0 Å². The Morgan fingerprint density at radius 3 is 2.67 bits per heavy atom. The van der Waals surface area contributed by atoms with Gasteiger partial charge >= 0.3 is 0 Å². The summed E-state index contributed by atoms with van der Waals surface area (Å²) in [6.07, 6.45) is 3.88. The summed E-state index contributed by atoms with van der Waals surface area (Å²) in [4.78, 5) is 17.9. The molecule has 1 aliphatic heterocycles. The van der Waals surface area contributed by atoms with E-state index in [1.54, 1.807) is 12.1 Å². The van der Waals surface area contributed by atoms with Gasteiger partial charge in [0.25, 0.3) is 0 Å². The van der Waals surface area contributed by atoms with Crippen LogP contribution in [0.3, 0.4) is 0 Å². The zero-order valence-electron chi connectivity index (χ0n) is 16.3. The molecule has 1 saturated heterocycles. The van der Waals surface area contributed by atoms with E-state index in [2.05, 4.69) is 15.2 Å². The maximum atomic E-state index is 13.1. The number of hydrogen-bond donors (Lipinski definition) is 1. The molecule has 30 heavy (non-hydrogen) atoms. The molecule has 2 aromatic carbocycles. The predicted molar refractivity (Wildman–Crippen MR) is 110 cm³/mol. The highest BCUT2D eigenvalue weighted by atomic mass is 19.1. The Balaban J connectivity index is 1.21. The fourth-order valence-electron chi connectivity index (χ4n) is 4.04. The molecule has 2 aromatic heterocycles. The molecule has 1 aliphatic rings. The fourth-order valence-corrected chi connectivity index (χ4v) is 4.04. The SMILES string of the molecule is O=C(Cc1c[nH]c2ccccc12)N1CCC(c2nnc(-c3ccc(F)cc3)o2)CC1. The van der Waals surface area contributed by atoms with E-state index in [4.69, 9.17) is 4.42 Å². The third-order valence-electron chi connectivity index (χ3n) is 5.75. The molecule has 152 valence electrons. The second-order valence-corrected chi connectivity index (χ2v) is 7.64. The maximum absolute atomic E-state index is 13.1. The van der Waals surface area contributed by atoms with Gasteiger partial charge in [0.05, 0.1) is 6.42 Å². The van der Waals surface area contributed by atoms with Gasteiger partial charge in [-0.15, -0.1) is 10.2 Å². The van der Waals surface area contributed by atoms with Crippen LogP contribution < -0.4 is 0 Å². The number of carbonyl (C=O) groups is 1. The van der Waals surface area contributed by atoms with Gasteiger partial charge in [0.15, 0.2) is 0 Å². The Labute approximate surface area is 172 Å². The van der Waals surface area contributed by atoms with Crippen molar-refractivity contribution in [2.45, 2.75) is 25.2 Å². The van der Waals surface area contributed by atoms with Gasteiger partial charge in [0.2, 0.25) is 17.7 Å². The number of aromatic amines is 1. The average Bonchev–Trinajstić information content (AvgIpc) is 3.42. The number of para-hydroxylation sites is 1. The number of piperidine rings is 1. The van der Waals surface area contributed by atoms with Crippen molar-refractivity contribution in [3.05, 3.63) is 72.0 Å². The predicted octanol–water partition coefficient (Wildman–Crippen LogP) is 4.31. The summed E-state index contributed by atoms with van der Waals surface area (Å²) >= 11 is 0. The Morgan fingerprint density at radius 2 is 1.87 bits per heavy atom. The molecule has 4 aromatic rings. The quantitative estimate of drug-likeness (QED) is 0.550. The molecule has 6 nitrogen and oxygen atoms in total. The number of likely N-dealkylation sites (tertiary alicyclic amines) is 1. The van der Waals surface area contributed by atoms with Crippen molar-refractivity contribution in [1.82, 2.24) is 20.1 Å². The smallest absolute Gasteiger partial charge is 0.247 e. The van der Waals surface area contributed by atoms with E-state index >= 15 is 0 Å². The molecular formula is C23H21FN4O2. The first-order valence-corrected chi connectivity index (χ1v) is 10.1. The third-order valence-corrected chi connectivity index (χ3v) is 5.75. The van der Waals surface area contributed by atoms with E-state index < -0.39 is 0 Å². The molecule has 1 amide bonds. The van der Waals surface area contributed by atoms with Gasteiger partial charge in [-0.3, -0.25) is 4.79 Å². The summed E-state index contributed by atoms with van der Waals surface area (Å²) < 4.78 is 18.9. The zero-order chi connectivity index (χ0) is 20.5. The average molecular weight is 404 g/mol. The van der Waals surface area contributed by atoms with Crippen molar-refractivity contribution >= 4 is 16.8 Å². The first-order chi connectivity index (χ1) is 14.7. The summed E-state index contributed by atoms with van der Waals surface area (Å²) in [5, 5.41) is 9.38. The number of carbonyl (C=O) groups excluding carboxylic acids is 1. The van der Waals surface area contributed by atoms with Crippen LogP contribution in [-0.2, 0) is 11.2 Å². The summed E-state index contributed by atoms with van der Waals surface area (Å²) in [7, 11) is 0. The number of H-pyrrole nitrogens is 1. The van der Waals surface area contributed by atoms with E-state index in [1.807, 2.05) is 35.4 Å². The summed E-state index contributed by atoms with van der Waals surface area (Å²) in [5.41, 5.74) is 2.77. The number of halogens is 1. The van der Waals surface area contributed by atoms with Crippen LogP contribution in [0.4, 0.5) is 4.39 Å². The molecule has 0 saturated carbocycles. The van der Waals surface area contributed by atoms with E-state index in [-0.39, 0.29) is 17.6 Å². The Hall–Kier alpha value is -3.48. The second-order valence-electron chi connectivity index (χ2n) is 7.64. The van der Waals surface area contributed by atoms with Crippen LogP contribution in [0, 0.1) is 5.82 Å². The Kier molecular flexibility index (Phi) is 4.78. The molecule has 0 spiro atoms. The van der Waals surface area contributed by atoms with Crippen molar-refractivity contribution in [3.63, 3.8) is 0 Å². The first-order valence-electron chi connectivity index (χ1n) is 10.1. The molecule has 0 bridgehead atoms. The van der Waals surface area contributed by atoms with Crippen LogP contribution in [0.25, 0.3) is 22.4 Å². The Morgan fingerprint density at radius 1 is 1.10 bits per heavy atom. The topological polar surface area (TPSA) is 75.0 Å². The lowest BCUT2D eigenvalue weighted by atomic mass is 9.96. The van der Waals surface area contributed by atoms with Crippen LogP contribution in [-0.4, -0.2) is 39.1 Å². The van der Waals surface area contributed by atoms with Crippen molar-refractivity contribution in [2.24, 2.45) is 0 Å². The lowest BCUT2D eigenvalue weighted by Gasteiger charge is -2.30. The highest BCUT2D eigenvalue weighted by Gasteiger charge is 2.27. The number of hydrogen-bond acceptors (Lipinski definition) is 4. The number of nitrogens with zero attached hydrogens (tertiary/aromatic N) is 3. The van der Waals surface area contributed by atoms with Crippen molar-refractivity contribution in [3.8, 4) is 11.5 Å². The van der Waals surface area contributed by atoms with E-state index in [0.29, 0.717) is 36.9 Å². The number of nitrogens with one attached hydrogen (secondary N) is 1. The largest absolute Gasteiger partial charge is 0.420 e. The minimum absolute atomic E-state index is 0.129. The normalized spacial score (nSPS) is 15.0. The van der Waals surface area contributed by atoms with E-state index in [1.165, 1.54) is 12.1 Å². The summed E-state index contributed by atoms with van der Waals surface area (Å²) in [6.45, 7) is 1.33. The standard InChI is InChI=1S/C23H21FN4O2/c24-18-7-5-15(6-8-18)22-26-27-23(30-22)16-9-11-28(12-10-16)21(29)13-17-14-25-20-4-2-1-3-19(17)20/h1-8,14,16,25H,9-13H2. The number of benzene rings is 2. The van der Waals surface area contributed by atoms with Crippen LogP contribution >= 0.6 is 0 Å². The van der Waals surface area contributed by atoms with Crippen molar-refractivity contribution in [2.75, 3.05) is 13.1 Å². The van der Waals surface area contributed by atoms with Crippen LogP contribution in [0.1, 0.15) is 30.2 Å². The van der Waals surface area contributed by atoms with Gasteiger partial charge in [0, 0.05) is 41.7 Å². The van der Waals surface area contributed by atoms with Crippen molar-refractivity contribution < 1.29 is 13.6 Å². The molecule has 7 heteroatoms. The molecule has 1 fully saturated rings. The lowest BCUT2D eigenvalue weighted by Crippen LogP contribution is -2.38. The molecular weight excluding hydrogens is 383 g/mol. The van der Waals surface area contributed by atoms with E-state index in [0.717, 1.165) is 29.3 Å². The minimum atomic E-state index is -0.303. The van der Waals surface area contributed by atoms with Gasteiger partial charge in [-0.2, -0.15) is 0 Å². The molecule has 3 heterocycles. The second kappa shape index (κ2) is 7.74. The highest BCUT2D eigenvalue weighted by Crippen LogP contribution is 2.30. The molecule has 0 aliphatic carbocycles. The third kappa shape index (κ3) is 3.58. The molecule has 0 radical (unpaired) electrons.